The molecule has 0 aliphatic rings. The summed E-state index contributed by atoms with van der Waals surface area (Å²) >= 11 is 0. The smallest absolute Gasteiger partial charge is 0.0575 e. The van der Waals surface area contributed by atoms with Crippen LogP contribution in [0.4, 0.5) is 0 Å². The third-order valence-electron chi connectivity index (χ3n) is 26.5. The van der Waals surface area contributed by atoms with Crippen molar-refractivity contribution in [3.63, 3.8) is 0 Å². The van der Waals surface area contributed by atoms with Crippen molar-refractivity contribution in [1.29, 1.82) is 0 Å². The first-order valence-corrected chi connectivity index (χ1v) is 49.7. The van der Waals surface area contributed by atoms with Gasteiger partial charge in [-0.25, -0.2) is 0 Å². The average molecular weight is 1800 g/mol. The molecule has 0 radical (unpaired) electrons. The van der Waals surface area contributed by atoms with Crippen LogP contribution in [-0.2, 0) is 0 Å². The lowest BCUT2D eigenvalue weighted by atomic mass is 9.96. The summed E-state index contributed by atoms with van der Waals surface area (Å²) in [6.45, 7) is 35.8. The quantitative estimate of drug-likeness (QED) is 0.110. The Hall–Kier alpha value is -15.1. The van der Waals surface area contributed by atoms with E-state index < -0.39 is 0 Å². The first-order chi connectivity index (χ1) is 67.2. The maximum Gasteiger partial charge on any atom is 0.0575 e. The van der Waals surface area contributed by atoms with E-state index in [1.807, 2.05) is 12.1 Å². The number of rotatable bonds is 13. The Kier molecular flexibility index (Phi) is 31.3. The highest BCUT2D eigenvalue weighted by Gasteiger charge is 2.21. The van der Waals surface area contributed by atoms with E-state index >= 15 is 0 Å². The van der Waals surface area contributed by atoms with Gasteiger partial charge in [-0.05, 0) is 222 Å². The molecule has 0 aliphatic carbocycles. The van der Waals surface area contributed by atoms with Crippen LogP contribution in [0.2, 0.25) is 0 Å². The predicted molar refractivity (Wildman–Crippen MR) is 602 cm³/mol. The molecule has 4 aromatic heterocycles. The van der Waals surface area contributed by atoms with Gasteiger partial charge < -0.3 is 18.3 Å². The van der Waals surface area contributed by atoms with Crippen molar-refractivity contribution in [1.82, 2.24) is 18.3 Å². The van der Waals surface area contributed by atoms with Gasteiger partial charge in [-0.2, -0.15) is 0 Å². The summed E-state index contributed by atoms with van der Waals surface area (Å²) in [5, 5.41) is 16.1. The van der Waals surface area contributed by atoms with E-state index in [0.717, 1.165) is 0 Å². The van der Waals surface area contributed by atoms with Crippen LogP contribution in [0.3, 0.4) is 0 Å². The lowest BCUT2D eigenvalue weighted by molar-refractivity contribution is 0.867. The van der Waals surface area contributed by atoms with Crippen molar-refractivity contribution >= 4 is 109 Å². The Morgan fingerprint density at radius 3 is 0.964 bits per heavy atom. The molecular formula is C134H132N4. The van der Waals surface area contributed by atoms with Gasteiger partial charge in [0.25, 0.3) is 0 Å². The highest BCUT2D eigenvalue weighted by molar-refractivity contribution is 6.13. The zero-order valence-corrected chi connectivity index (χ0v) is 83.3. The van der Waals surface area contributed by atoms with Crippen molar-refractivity contribution in [2.24, 2.45) is 0 Å². The molecule has 4 heterocycles. The van der Waals surface area contributed by atoms with Crippen molar-refractivity contribution < 1.29 is 0 Å². The number of hydrogen-bond donors (Lipinski definition) is 0. The molecule has 0 amide bonds. The summed E-state index contributed by atoms with van der Waals surface area (Å²) in [6.07, 6.45) is 0. The van der Waals surface area contributed by atoms with Crippen molar-refractivity contribution in [3.8, 4) is 33.9 Å². The topological polar surface area (TPSA) is 19.7 Å². The standard InChI is InChI=1S/4C21H19N.C15H16.2C13H14.C9H12/c1-15(2)17-12-8-13-19-18-11-6-7-14-20(18)22(21(17)19)16-9-4-3-5-10-16;1-15(2)17-12-8-14-20-21(17)18-11-6-7-13-19(18)22(20)16-9-4-3-5-10-16;1-15(2)16-12-13-21-19(14-16)18-10-6-7-11-20(18)22(21)17-8-4-3-5-9-17;1-15(2)16-12-13-19-18-10-6-7-11-20(18)22(21(19)14-16)17-8-4-3-5-9-17;1-12(2)13-8-10-15(11-9-13)14-6-4-3-5-7-14;1-10(2)12-9-5-7-11-6-3-4-8-13(11)12;1-10(2)12-8-7-11-5-3-4-6-13(11)9-12;1-8(2)9-6-4-3-5-7-9/h4*3-15H,1-2H3;3-12H,1-2H3;2*3-10H,1-2H3;3-8H,1-2H3. The fourth-order valence-electron chi connectivity index (χ4n) is 19.0. The Balaban J connectivity index is 0.000000116. The van der Waals surface area contributed by atoms with Gasteiger partial charge in [0.1, 0.15) is 0 Å². The first kappa shape index (κ1) is 96.0. The molecule has 4 heteroatoms. The lowest BCUT2D eigenvalue weighted by Gasteiger charge is -2.13. The maximum atomic E-state index is 2.40. The number of fused-ring (bicyclic) bond motifs is 14. The van der Waals surface area contributed by atoms with E-state index in [0.29, 0.717) is 47.3 Å². The third-order valence-corrected chi connectivity index (χ3v) is 26.5. The molecule has 0 saturated carbocycles. The van der Waals surface area contributed by atoms with Crippen LogP contribution in [-0.4, -0.2) is 18.3 Å². The Labute approximate surface area is 818 Å². The van der Waals surface area contributed by atoms with Crippen molar-refractivity contribution in [2.45, 2.75) is 158 Å². The molecule has 0 unspecified atom stereocenters. The van der Waals surface area contributed by atoms with Crippen LogP contribution in [0.5, 0.6) is 0 Å². The molecule has 0 aliphatic heterocycles. The molecular weight excluding hydrogens is 1670 g/mol. The van der Waals surface area contributed by atoms with Gasteiger partial charge in [-0.3, -0.25) is 0 Å². The number of aromatic nitrogens is 4. The molecule has 0 N–H and O–H groups in total. The molecule has 0 fully saturated rings. The van der Waals surface area contributed by atoms with Gasteiger partial charge in [-0.15, -0.1) is 0 Å². The van der Waals surface area contributed by atoms with Crippen LogP contribution in [0.15, 0.2) is 461 Å². The minimum absolute atomic E-state index is 0.496. The van der Waals surface area contributed by atoms with Crippen LogP contribution in [0.1, 0.15) is 203 Å². The molecule has 0 bridgehead atoms. The molecule has 23 rings (SSSR count). The van der Waals surface area contributed by atoms with Crippen LogP contribution < -0.4 is 0 Å². The molecule has 0 saturated heterocycles. The van der Waals surface area contributed by atoms with E-state index in [4.69, 9.17) is 0 Å². The summed E-state index contributed by atoms with van der Waals surface area (Å²) in [6, 6.07) is 164. The number of para-hydroxylation sites is 9. The first-order valence-electron chi connectivity index (χ1n) is 49.7. The highest BCUT2D eigenvalue weighted by atomic mass is 15.0. The van der Waals surface area contributed by atoms with E-state index in [1.165, 1.54) is 187 Å². The zero-order valence-electron chi connectivity index (χ0n) is 83.3. The van der Waals surface area contributed by atoms with Crippen molar-refractivity contribution in [3.05, 3.63) is 506 Å². The lowest BCUT2D eigenvalue weighted by Crippen LogP contribution is -1.97. The van der Waals surface area contributed by atoms with Gasteiger partial charge in [0.05, 0.1) is 44.1 Å². The minimum Gasteiger partial charge on any atom is -0.309 e. The van der Waals surface area contributed by atoms with E-state index in [-0.39, 0.29) is 0 Å². The van der Waals surface area contributed by atoms with Crippen LogP contribution in [0.25, 0.3) is 143 Å². The molecule has 0 atom stereocenters. The highest BCUT2D eigenvalue weighted by Crippen LogP contribution is 2.41. The summed E-state index contributed by atoms with van der Waals surface area (Å²) < 4.78 is 9.50. The third kappa shape index (κ3) is 21.9. The van der Waals surface area contributed by atoms with Gasteiger partial charge in [-0.1, -0.05) is 475 Å². The number of benzene rings is 19. The molecule has 19 aromatic carbocycles. The largest absolute Gasteiger partial charge is 0.309 e. The normalized spacial score (nSPS) is 11.3. The van der Waals surface area contributed by atoms with Gasteiger partial charge >= 0.3 is 0 Å². The molecule has 4 nitrogen and oxygen atoms in total. The monoisotopic (exact) mass is 1800 g/mol. The molecule has 688 valence electrons. The van der Waals surface area contributed by atoms with Gasteiger partial charge in [0.2, 0.25) is 0 Å². The molecule has 23 aromatic rings. The summed E-state index contributed by atoms with van der Waals surface area (Å²) in [4.78, 5) is 0. The van der Waals surface area contributed by atoms with Crippen LogP contribution in [0, 0.1) is 0 Å². The van der Waals surface area contributed by atoms with E-state index in [1.54, 1.807) is 0 Å². The maximum absolute atomic E-state index is 2.40. The second kappa shape index (κ2) is 45.0. The summed E-state index contributed by atoms with van der Waals surface area (Å²) in [5.41, 5.74) is 29.0. The molecule has 0 spiro atoms. The Morgan fingerprint density at radius 1 is 0.145 bits per heavy atom. The number of nitrogens with zero attached hydrogens (tertiary/aromatic N) is 4. The number of hydrogen-bond acceptors (Lipinski definition) is 0. The van der Waals surface area contributed by atoms with E-state index in [9.17, 15) is 0 Å². The molecule has 138 heavy (non-hydrogen) atoms. The second-order valence-corrected chi connectivity index (χ2v) is 38.6. The SMILES string of the molecule is CC(C)c1ccc(-c2ccccc2)cc1.CC(C)c1ccc2c(c1)c1ccccc1n2-c1ccccc1.CC(C)c1ccc2c3ccccc3n(-c3ccccc3)c2c1.CC(C)c1ccc2ccccc2c1.CC(C)c1cccc2c1c1ccccc1n2-c1ccccc1.CC(C)c1cccc2c3ccccc3n(-c3ccccc3)c12.CC(C)c1cccc2ccccc12.CC(C)c1ccccc1. The van der Waals surface area contributed by atoms with Gasteiger partial charge in [0.15, 0.2) is 0 Å². The fourth-order valence-corrected chi connectivity index (χ4v) is 19.0. The van der Waals surface area contributed by atoms with Crippen molar-refractivity contribution in [2.75, 3.05) is 0 Å². The van der Waals surface area contributed by atoms with E-state index in [2.05, 4.69) is 578 Å². The summed E-state index contributed by atoms with van der Waals surface area (Å²) in [5.74, 6) is 4.57. The second-order valence-electron chi connectivity index (χ2n) is 38.6. The fraction of sp³-hybridized carbons (Fsp3) is 0.179. The Morgan fingerprint density at radius 2 is 0.449 bits per heavy atom. The summed E-state index contributed by atoms with van der Waals surface area (Å²) in [7, 11) is 0. The average Bonchev–Trinajstić information content (AvgIpc) is 1.59. The van der Waals surface area contributed by atoms with Gasteiger partial charge in [0, 0.05) is 65.8 Å². The predicted octanol–water partition coefficient (Wildman–Crippen LogP) is 38.8. The minimum atomic E-state index is 0.496. The van der Waals surface area contributed by atoms with Crippen LogP contribution >= 0.6 is 0 Å². The Bertz CT molecular complexity index is 7820. The zero-order chi connectivity index (χ0) is 96.3.